The number of halogens is 3. The van der Waals surface area contributed by atoms with Crippen LogP contribution in [0.1, 0.15) is 32.3 Å². The molecule has 2 rings (SSSR count). The van der Waals surface area contributed by atoms with E-state index in [0.717, 1.165) is 21.5 Å². The minimum atomic E-state index is -3.78. The summed E-state index contributed by atoms with van der Waals surface area (Å²) in [6.07, 6.45) is 2.13. The number of nitrogens with zero attached hydrogens (tertiary/aromatic N) is 2. The highest BCUT2D eigenvalue weighted by Crippen LogP contribution is 2.25. The van der Waals surface area contributed by atoms with Crippen LogP contribution in [0.5, 0.6) is 0 Å². The minimum Gasteiger partial charge on any atom is -0.354 e. The Bertz CT molecular complexity index is 1110. The van der Waals surface area contributed by atoms with E-state index in [0.29, 0.717) is 34.3 Å². The van der Waals surface area contributed by atoms with Crippen molar-refractivity contribution in [3.8, 4) is 0 Å². The highest BCUT2D eigenvalue weighted by Gasteiger charge is 2.31. The summed E-state index contributed by atoms with van der Waals surface area (Å²) in [4.78, 5) is 27.8. The highest BCUT2D eigenvalue weighted by molar-refractivity contribution is 9.10. The van der Waals surface area contributed by atoms with E-state index in [9.17, 15) is 18.0 Å². The molecule has 1 atom stereocenters. The summed E-state index contributed by atoms with van der Waals surface area (Å²) < 4.78 is 26.9. The molecule has 0 heterocycles. The molecule has 0 bridgehead atoms. The molecule has 0 aromatic heterocycles. The third-order valence-electron chi connectivity index (χ3n) is 5.07. The number of carbonyl (C=O) groups is 2. The van der Waals surface area contributed by atoms with Crippen LogP contribution >= 0.6 is 39.1 Å². The van der Waals surface area contributed by atoms with Gasteiger partial charge in [0.1, 0.15) is 12.6 Å². The molecule has 0 saturated heterocycles. The maximum Gasteiger partial charge on any atom is 0.244 e. The van der Waals surface area contributed by atoms with E-state index >= 15 is 0 Å². The number of hydrogen-bond acceptors (Lipinski definition) is 4. The predicted molar refractivity (Wildman–Crippen MR) is 141 cm³/mol. The number of hydrogen-bond donors (Lipinski definition) is 1. The van der Waals surface area contributed by atoms with Gasteiger partial charge in [-0.25, -0.2) is 8.42 Å². The van der Waals surface area contributed by atoms with E-state index in [4.69, 9.17) is 23.2 Å². The van der Waals surface area contributed by atoms with Gasteiger partial charge in [0.25, 0.3) is 0 Å². The molecule has 11 heteroatoms. The van der Waals surface area contributed by atoms with Gasteiger partial charge in [-0.15, -0.1) is 0 Å². The quantitative estimate of drug-likeness (QED) is 0.404. The summed E-state index contributed by atoms with van der Waals surface area (Å²) in [7, 11) is -3.78. The molecule has 0 spiro atoms. The van der Waals surface area contributed by atoms with Crippen LogP contribution in [-0.4, -0.2) is 50.5 Å². The standard InChI is InChI=1S/C23H28BrCl2N3O4S/c1-4-12-27-23(31)21(5-2)28(14-16-6-11-19(25)20(26)13-16)22(30)15-29(34(3,32)33)18-9-7-17(24)8-10-18/h6-11,13,21H,4-5,12,14-15H2,1-3H3,(H,27,31). The fourth-order valence-corrected chi connectivity index (χ4v) is 4.78. The average Bonchev–Trinajstić information content (AvgIpc) is 2.78. The lowest BCUT2D eigenvalue weighted by molar-refractivity contribution is -0.140. The largest absolute Gasteiger partial charge is 0.354 e. The lowest BCUT2D eigenvalue weighted by Gasteiger charge is -2.33. The Morgan fingerprint density at radius 1 is 1.06 bits per heavy atom. The number of amides is 2. The van der Waals surface area contributed by atoms with Gasteiger partial charge in [0.2, 0.25) is 21.8 Å². The van der Waals surface area contributed by atoms with Crippen LogP contribution in [0, 0.1) is 0 Å². The van der Waals surface area contributed by atoms with E-state index in [-0.39, 0.29) is 12.5 Å². The molecule has 2 aromatic rings. The smallest absolute Gasteiger partial charge is 0.244 e. The summed E-state index contributed by atoms with van der Waals surface area (Å²) >= 11 is 15.5. The molecule has 1 N–H and O–H groups in total. The second kappa shape index (κ2) is 12.8. The van der Waals surface area contributed by atoms with E-state index in [2.05, 4.69) is 21.2 Å². The molecule has 7 nitrogen and oxygen atoms in total. The normalized spacial score (nSPS) is 12.2. The minimum absolute atomic E-state index is 0.0612. The Labute approximate surface area is 219 Å². The van der Waals surface area contributed by atoms with Gasteiger partial charge in [0, 0.05) is 17.6 Å². The Morgan fingerprint density at radius 3 is 2.24 bits per heavy atom. The van der Waals surface area contributed by atoms with Gasteiger partial charge in [-0.2, -0.15) is 0 Å². The molecule has 0 aliphatic carbocycles. The Hall–Kier alpha value is -1.81. The zero-order valence-electron chi connectivity index (χ0n) is 19.2. The van der Waals surface area contributed by atoms with Crippen molar-refractivity contribution in [2.24, 2.45) is 0 Å². The zero-order valence-corrected chi connectivity index (χ0v) is 23.1. The number of anilines is 1. The van der Waals surface area contributed by atoms with Crippen molar-refractivity contribution in [2.75, 3.05) is 23.7 Å². The van der Waals surface area contributed by atoms with Crippen LogP contribution in [0.4, 0.5) is 5.69 Å². The number of benzene rings is 2. The third kappa shape index (κ3) is 7.86. The lowest BCUT2D eigenvalue weighted by Crippen LogP contribution is -2.52. The summed E-state index contributed by atoms with van der Waals surface area (Å²) in [5, 5.41) is 3.52. The number of nitrogens with one attached hydrogen (secondary N) is 1. The van der Waals surface area contributed by atoms with Gasteiger partial charge in [-0.1, -0.05) is 59.0 Å². The molecule has 0 saturated carbocycles. The fourth-order valence-electron chi connectivity index (χ4n) is 3.34. The van der Waals surface area contributed by atoms with Crippen molar-refractivity contribution < 1.29 is 18.0 Å². The van der Waals surface area contributed by atoms with Crippen molar-refractivity contribution in [3.05, 3.63) is 62.5 Å². The topological polar surface area (TPSA) is 86.8 Å². The van der Waals surface area contributed by atoms with Crippen LogP contribution < -0.4 is 9.62 Å². The van der Waals surface area contributed by atoms with Gasteiger partial charge >= 0.3 is 0 Å². The van der Waals surface area contributed by atoms with E-state index in [1.54, 1.807) is 49.4 Å². The van der Waals surface area contributed by atoms with Crippen LogP contribution in [0.15, 0.2) is 46.9 Å². The predicted octanol–water partition coefficient (Wildman–Crippen LogP) is 4.86. The number of rotatable bonds is 11. The Kier molecular flexibility index (Phi) is 10.7. The molecular weight excluding hydrogens is 565 g/mol. The summed E-state index contributed by atoms with van der Waals surface area (Å²) in [6.45, 7) is 3.81. The molecule has 2 aromatic carbocycles. The summed E-state index contributed by atoms with van der Waals surface area (Å²) in [5.74, 6) is -0.815. The van der Waals surface area contributed by atoms with Gasteiger partial charge in [0.15, 0.2) is 0 Å². The van der Waals surface area contributed by atoms with Crippen LogP contribution in [0.2, 0.25) is 10.0 Å². The first-order chi connectivity index (χ1) is 16.0. The van der Waals surface area contributed by atoms with Crippen molar-refractivity contribution in [2.45, 2.75) is 39.3 Å². The van der Waals surface area contributed by atoms with Crippen molar-refractivity contribution >= 4 is 66.7 Å². The summed E-state index contributed by atoms with van der Waals surface area (Å²) in [5.41, 5.74) is 1.01. The van der Waals surface area contributed by atoms with Gasteiger partial charge < -0.3 is 10.2 Å². The first-order valence-corrected chi connectivity index (χ1v) is 14.1. The van der Waals surface area contributed by atoms with E-state index in [1.165, 1.54) is 4.90 Å². The van der Waals surface area contributed by atoms with Gasteiger partial charge in [0.05, 0.1) is 22.0 Å². The van der Waals surface area contributed by atoms with E-state index < -0.39 is 28.5 Å². The molecule has 2 amide bonds. The Balaban J connectivity index is 2.43. The highest BCUT2D eigenvalue weighted by atomic mass is 79.9. The Morgan fingerprint density at radius 2 is 1.71 bits per heavy atom. The summed E-state index contributed by atoms with van der Waals surface area (Å²) in [6, 6.07) is 10.8. The number of carbonyl (C=O) groups excluding carboxylic acids is 2. The maximum absolute atomic E-state index is 13.5. The van der Waals surface area contributed by atoms with Gasteiger partial charge in [-0.3, -0.25) is 13.9 Å². The fraction of sp³-hybridized carbons (Fsp3) is 0.391. The first-order valence-electron chi connectivity index (χ1n) is 10.7. The first kappa shape index (κ1) is 28.4. The van der Waals surface area contributed by atoms with Crippen LogP contribution in [0.25, 0.3) is 0 Å². The van der Waals surface area contributed by atoms with Crippen LogP contribution in [0.3, 0.4) is 0 Å². The molecule has 0 aliphatic heterocycles. The second-order valence-electron chi connectivity index (χ2n) is 7.73. The SMILES string of the molecule is CCCNC(=O)C(CC)N(Cc1ccc(Cl)c(Cl)c1)C(=O)CN(c1ccc(Br)cc1)S(C)(=O)=O. The zero-order chi connectivity index (χ0) is 25.5. The third-order valence-corrected chi connectivity index (χ3v) is 7.47. The van der Waals surface area contributed by atoms with Gasteiger partial charge in [-0.05, 0) is 54.8 Å². The molecule has 34 heavy (non-hydrogen) atoms. The van der Waals surface area contributed by atoms with Crippen molar-refractivity contribution in [1.29, 1.82) is 0 Å². The maximum atomic E-state index is 13.5. The van der Waals surface area contributed by atoms with Crippen molar-refractivity contribution in [3.63, 3.8) is 0 Å². The van der Waals surface area contributed by atoms with E-state index in [1.807, 2.05) is 6.92 Å². The average molecular weight is 593 g/mol. The molecule has 0 aliphatic rings. The molecule has 1 unspecified atom stereocenters. The second-order valence-corrected chi connectivity index (χ2v) is 11.4. The van der Waals surface area contributed by atoms with Crippen LogP contribution in [-0.2, 0) is 26.2 Å². The monoisotopic (exact) mass is 591 g/mol. The molecule has 0 radical (unpaired) electrons. The molecule has 186 valence electrons. The van der Waals surface area contributed by atoms with Crippen molar-refractivity contribution in [1.82, 2.24) is 10.2 Å². The molecule has 0 fully saturated rings. The lowest BCUT2D eigenvalue weighted by atomic mass is 10.1. The molecular formula is C23H28BrCl2N3O4S. The number of sulfonamides is 1.